The number of rotatable bonds is 7. The minimum absolute atomic E-state index is 0.0268. The molecule has 0 saturated heterocycles. The highest BCUT2D eigenvalue weighted by Gasteiger charge is 2.26. The topological polar surface area (TPSA) is 88.3 Å². The molecular weight excluding hydrogens is 296 g/mol. The number of pyridine rings is 1. The van der Waals surface area contributed by atoms with Gasteiger partial charge in [-0.05, 0) is 32.0 Å². The fourth-order valence-corrected chi connectivity index (χ4v) is 3.34. The van der Waals surface area contributed by atoms with Gasteiger partial charge in [-0.25, -0.2) is 13.1 Å². The van der Waals surface area contributed by atoms with Gasteiger partial charge in [0.05, 0.1) is 0 Å². The highest BCUT2D eigenvalue weighted by molar-refractivity contribution is 7.89. The average Bonchev–Trinajstić information content (AvgIpc) is 3.22. The van der Waals surface area contributed by atoms with Gasteiger partial charge in [-0.1, -0.05) is 12.2 Å². The van der Waals surface area contributed by atoms with Gasteiger partial charge in [0.25, 0.3) is 0 Å². The van der Waals surface area contributed by atoms with Crippen molar-refractivity contribution in [3.05, 3.63) is 24.0 Å². The molecule has 1 aliphatic carbocycles. The maximum atomic E-state index is 12.2. The maximum Gasteiger partial charge on any atom is 0.242 e. The molecule has 1 aromatic heterocycles. The number of nitrogens with one attached hydrogen (secondary N) is 1. The number of hydrogen-bond donors (Lipinski definition) is 2. The van der Waals surface area contributed by atoms with Crippen LogP contribution in [0.2, 0.25) is 0 Å². The van der Waals surface area contributed by atoms with E-state index in [9.17, 15) is 8.42 Å². The first-order chi connectivity index (χ1) is 9.42. The maximum absolute atomic E-state index is 12.2. The lowest BCUT2D eigenvalue weighted by Gasteiger charge is -2.16. The van der Waals surface area contributed by atoms with Gasteiger partial charge in [0.1, 0.15) is 15.6 Å². The summed E-state index contributed by atoms with van der Waals surface area (Å²) in [6, 6.07) is 3.60. The number of hydrogen-bond acceptors (Lipinski definition) is 5. The Hall–Kier alpha value is -1.09. The van der Waals surface area contributed by atoms with Gasteiger partial charge >= 0.3 is 0 Å². The van der Waals surface area contributed by atoms with Crippen molar-refractivity contribution < 1.29 is 8.42 Å². The second-order valence-electron chi connectivity index (χ2n) is 4.82. The van der Waals surface area contributed by atoms with Gasteiger partial charge in [-0.2, -0.15) is 0 Å². The largest absolute Gasteiger partial charge is 0.388 e. The van der Waals surface area contributed by atoms with Crippen molar-refractivity contribution >= 4 is 27.2 Å². The van der Waals surface area contributed by atoms with Crippen molar-refractivity contribution in [2.45, 2.75) is 23.8 Å². The zero-order valence-electron chi connectivity index (χ0n) is 11.2. The Morgan fingerprint density at radius 2 is 2.30 bits per heavy atom. The number of sulfonamides is 1. The lowest BCUT2D eigenvalue weighted by Crippen LogP contribution is -2.34. The quantitative estimate of drug-likeness (QED) is 0.694. The number of nitrogens with two attached hydrogens (primary N) is 1. The number of aromatic nitrogens is 1. The molecule has 0 unspecified atom stereocenters. The second-order valence-corrected chi connectivity index (χ2v) is 7.00. The fraction of sp³-hybridized carbons (Fsp3) is 0.500. The van der Waals surface area contributed by atoms with Gasteiger partial charge in [-0.15, -0.1) is 0 Å². The van der Waals surface area contributed by atoms with E-state index in [1.54, 1.807) is 6.07 Å². The van der Waals surface area contributed by atoms with Crippen LogP contribution in [-0.2, 0) is 10.0 Å². The van der Waals surface area contributed by atoms with E-state index in [1.807, 2.05) is 7.05 Å². The summed E-state index contributed by atoms with van der Waals surface area (Å²) in [5.74, 6) is 0. The summed E-state index contributed by atoms with van der Waals surface area (Å²) in [6.07, 6.45) is 3.85. The van der Waals surface area contributed by atoms with Crippen molar-refractivity contribution in [1.29, 1.82) is 0 Å². The molecule has 1 aliphatic rings. The SMILES string of the molecule is CN(CCNS(=O)(=O)c1cccnc1C(N)=S)C1CC1. The van der Waals surface area contributed by atoms with E-state index in [2.05, 4.69) is 14.6 Å². The van der Waals surface area contributed by atoms with Gasteiger partial charge < -0.3 is 10.6 Å². The highest BCUT2D eigenvalue weighted by Crippen LogP contribution is 2.24. The first-order valence-electron chi connectivity index (χ1n) is 6.36. The Morgan fingerprint density at radius 3 is 2.90 bits per heavy atom. The average molecular weight is 314 g/mol. The summed E-state index contributed by atoms with van der Waals surface area (Å²) < 4.78 is 27.0. The molecule has 0 aromatic carbocycles. The zero-order valence-corrected chi connectivity index (χ0v) is 12.9. The molecule has 0 amide bonds. The first kappa shape index (κ1) is 15.3. The lowest BCUT2D eigenvalue weighted by atomic mass is 10.3. The van der Waals surface area contributed by atoms with E-state index in [-0.39, 0.29) is 15.6 Å². The minimum atomic E-state index is -3.64. The van der Waals surface area contributed by atoms with Crippen molar-refractivity contribution in [2.24, 2.45) is 5.73 Å². The molecule has 2 rings (SSSR count). The van der Waals surface area contributed by atoms with Crippen LogP contribution in [-0.4, -0.2) is 49.5 Å². The number of thiocarbonyl (C=S) groups is 1. The summed E-state index contributed by atoms with van der Waals surface area (Å²) in [6.45, 7) is 1.02. The highest BCUT2D eigenvalue weighted by atomic mass is 32.2. The molecule has 0 radical (unpaired) electrons. The summed E-state index contributed by atoms with van der Waals surface area (Å²) >= 11 is 4.83. The summed E-state index contributed by atoms with van der Waals surface area (Å²) in [7, 11) is -1.65. The van der Waals surface area contributed by atoms with Crippen molar-refractivity contribution in [2.75, 3.05) is 20.1 Å². The van der Waals surface area contributed by atoms with Gasteiger partial charge in [0, 0.05) is 25.3 Å². The molecule has 1 aromatic rings. The fourth-order valence-electron chi connectivity index (χ4n) is 1.92. The van der Waals surface area contributed by atoms with Crippen LogP contribution in [0, 0.1) is 0 Å². The van der Waals surface area contributed by atoms with Crippen LogP contribution in [0.4, 0.5) is 0 Å². The molecule has 1 saturated carbocycles. The van der Waals surface area contributed by atoms with Crippen LogP contribution in [0.15, 0.2) is 23.2 Å². The zero-order chi connectivity index (χ0) is 14.8. The van der Waals surface area contributed by atoms with Gasteiger partial charge in [-0.3, -0.25) is 4.98 Å². The van der Waals surface area contributed by atoms with Crippen LogP contribution in [0.5, 0.6) is 0 Å². The standard InChI is InChI=1S/C12H18N4O2S2/c1-16(9-4-5-9)8-7-15-20(17,18)10-3-2-6-14-11(10)12(13)19/h2-3,6,9,15H,4-5,7-8H2,1H3,(H2,13,19). The summed E-state index contributed by atoms with van der Waals surface area (Å²) in [5, 5.41) is 0. The van der Waals surface area contributed by atoms with Crippen molar-refractivity contribution in [1.82, 2.24) is 14.6 Å². The molecule has 8 heteroatoms. The lowest BCUT2D eigenvalue weighted by molar-refractivity contribution is 0.329. The van der Waals surface area contributed by atoms with Crippen molar-refractivity contribution in [3.8, 4) is 0 Å². The summed E-state index contributed by atoms with van der Waals surface area (Å²) in [5.41, 5.74) is 5.63. The predicted molar refractivity (Wildman–Crippen MR) is 81.0 cm³/mol. The molecule has 110 valence electrons. The Kier molecular flexibility index (Phi) is 4.69. The smallest absolute Gasteiger partial charge is 0.242 e. The van der Waals surface area contributed by atoms with E-state index in [0.717, 1.165) is 0 Å². The van der Waals surface area contributed by atoms with Gasteiger partial charge in [0.2, 0.25) is 10.0 Å². The van der Waals surface area contributed by atoms with Crippen LogP contribution in [0.25, 0.3) is 0 Å². The van der Waals surface area contributed by atoms with E-state index in [1.165, 1.54) is 25.1 Å². The van der Waals surface area contributed by atoms with Crippen molar-refractivity contribution in [3.63, 3.8) is 0 Å². The third-order valence-corrected chi connectivity index (χ3v) is 4.91. The van der Waals surface area contributed by atoms with E-state index in [4.69, 9.17) is 18.0 Å². The molecule has 20 heavy (non-hydrogen) atoms. The van der Waals surface area contributed by atoms with Crippen LogP contribution in [0.1, 0.15) is 18.5 Å². The van der Waals surface area contributed by atoms with Crippen LogP contribution < -0.4 is 10.5 Å². The van der Waals surface area contributed by atoms with Gasteiger partial charge in [0.15, 0.2) is 0 Å². The van der Waals surface area contributed by atoms with Crippen LogP contribution >= 0.6 is 12.2 Å². The number of nitrogens with zero attached hydrogens (tertiary/aromatic N) is 2. The van der Waals surface area contributed by atoms with Crippen LogP contribution in [0.3, 0.4) is 0 Å². The molecular formula is C12H18N4O2S2. The molecule has 0 spiro atoms. The number of likely N-dealkylation sites (N-methyl/N-ethyl adjacent to an activating group) is 1. The van der Waals surface area contributed by atoms with E-state index >= 15 is 0 Å². The minimum Gasteiger partial charge on any atom is -0.388 e. The third-order valence-electron chi connectivity index (χ3n) is 3.22. The Morgan fingerprint density at radius 1 is 1.60 bits per heavy atom. The Balaban J connectivity index is 2.04. The molecule has 1 heterocycles. The molecule has 0 aliphatic heterocycles. The third kappa shape index (κ3) is 3.72. The Bertz CT molecular complexity index is 599. The Labute approximate surface area is 124 Å². The molecule has 0 atom stereocenters. The van der Waals surface area contributed by atoms with E-state index < -0.39 is 10.0 Å². The monoisotopic (exact) mass is 314 g/mol. The van der Waals surface area contributed by atoms with E-state index in [0.29, 0.717) is 19.1 Å². The first-order valence-corrected chi connectivity index (χ1v) is 8.25. The predicted octanol–water partition coefficient (Wildman–Crippen LogP) is 0.0883. The molecule has 0 bridgehead atoms. The molecule has 3 N–H and O–H groups in total. The molecule has 6 nitrogen and oxygen atoms in total. The second kappa shape index (κ2) is 6.13. The normalized spacial score (nSPS) is 15.5. The molecule has 1 fully saturated rings. The summed E-state index contributed by atoms with van der Waals surface area (Å²) in [4.78, 5) is 6.09.